The van der Waals surface area contributed by atoms with E-state index in [1.807, 2.05) is 32.2 Å². The number of rotatable bonds is 8. The lowest BCUT2D eigenvalue weighted by Gasteiger charge is -2.54. The Labute approximate surface area is 328 Å². The number of amides is 1. The first-order valence-electron chi connectivity index (χ1n) is 20.5. The minimum Gasteiger partial charge on any atom is -0.490 e. The average Bonchev–Trinajstić information content (AvgIpc) is 3.26. The minimum absolute atomic E-state index is 0.211. The van der Waals surface area contributed by atoms with Crippen molar-refractivity contribution in [2.24, 2.45) is 17.8 Å². The number of methoxy groups -OCH3 is 1. The van der Waals surface area contributed by atoms with Crippen LogP contribution in [-0.4, -0.2) is 101 Å². The highest BCUT2D eigenvalue weighted by molar-refractivity contribution is 7.90. The molecule has 296 valence electrons. The molecule has 11 heteroatoms. The normalized spacial score (nSPS) is 32.1. The summed E-state index contributed by atoms with van der Waals surface area (Å²) in [5.41, 5.74) is 2.95. The third-order valence-electron chi connectivity index (χ3n) is 13.6. The summed E-state index contributed by atoms with van der Waals surface area (Å²) >= 11 is 6.51. The number of aryl methyl sites for hydroxylation is 1. The molecule has 1 N–H and O–H groups in total. The molecule has 0 aromatic heterocycles. The van der Waals surface area contributed by atoms with Crippen molar-refractivity contribution in [2.75, 3.05) is 64.4 Å². The molecule has 2 fully saturated rings. The van der Waals surface area contributed by atoms with Crippen LogP contribution in [0.2, 0.25) is 5.02 Å². The van der Waals surface area contributed by atoms with Crippen LogP contribution >= 0.6 is 11.6 Å². The van der Waals surface area contributed by atoms with Gasteiger partial charge in [-0.25, -0.2) is 13.1 Å². The van der Waals surface area contributed by atoms with E-state index in [0.717, 1.165) is 107 Å². The van der Waals surface area contributed by atoms with Crippen LogP contribution in [0.5, 0.6) is 5.75 Å². The number of carbonyl (C=O) groups is 1. The maximum Gasteiger partial charge on any atom is 0.264 e. The van der Waals surface area contributed by atoms with Gasteiger partial charge in [0.25, 0.3) is 5.91 Å². The largest absolute Gasteiger partial charge is 0.490 e. The Bertz CT molecular complexity index is 1810. The van der Waals surface area contributed by atoms with Gasteiger partial charge in [-0.1, -0.05) is 50.6 Å². The number of allylic oxidation sites excluding steroid dienone is 1. The van der Waals surface area contributed by atoms with Crippen LogP contribution in [0.1, 0.15) is 94.1 Å². The first-order valence-corrected chi connectivity index (χ1v) is 22.4. The zero-order valence-electron chi connectivity index (χ0n) is 33.0. The third kappa shape index (κ3) is 7.71. The lowest BCUT2D eigenvalue weighted by molar-refractivity contribution is -0.109. The highest BCUT2D eigenvalue weighted by Crippen LogP contribution is 2.49. The van der Waals surface area contributed by atoms with Crippen molar-refractivity contribution >= 4 is 33.2 Å². The Morgan fingerprint density at radius 3 is 2.54 bits per heavy atom. The first kappa shape index (κ1) is 39.6. The first-order chi connectivity index (χ1) is 25.9. The Balaban J connectivity index is 1.26. The number of ether oxygens (including phenoxy) is 2. The van der Waals surface area contributed by atoms with Gasteiger partial charge < -0.3 is 14.4 Å². The summed E-state index contributed by atoms with van der Waals surface area (Å²) in [5.74, 6) is 0.523. The molecule has 2 aliphatic carbocycles. The van der Waals surface area contributed by atoms with Crippen molar-refractivity contribution in [2.45, 2.75) is 101 Å². The van der Waals surface area contributed by atoms with Gasteiger partial charge in [0.15, 0.2) is 0 Å². The quantitative estimate of drug-likeness (QED) is 0.285. The van der Waals surface area contributed by atoms with Crippen LogP contribution < -0.4 is 14.4 Å². The van der Waals surface area contributed by atoms with Crippen molar-refractivity contribution in [3.63, 3.8) is 0 Å². The second-order valence-electron chi connectivity index (χ2n) is 17.1. The zero-order chi connectivity index (χ0) is 38.3. The van der Waals surface area contributed by atoms with E-state index in [1.165, 1.54) is 11.1 Å². The molecule has 3 heterocycles. The fraction of sp³-hybridized carbons (Fsp3) is 0.651. The summed E-state index contributed by atoms with van der Waals surface area (Å²) in [4.78, 5) is 21.3. The van der Waals surface area contributed by atoms with E-state index in [2.05, 4.69) is 57.6 Å². The molecule has 3 aliphatic heterocycles. The number of halogens is 1. The number of carbonyl (C=O) groups excluding carboxylic acids is 1. The summed E-state index contributed by atoms with van der Waals surface area (Å²) in [6.07, 6.45) is 12.5. The summed E-state index contributed by atoms with van der Waals surface area (Å²) in [7, 11) is -2.09. The number of likely N-dealkylation sites (tertiary alicyclic amines) is 1. The molecule has 7 rings (SSSR count). The van der Waals surface area contributed by atoms with E-state index < -0.39 is 26.8 Å². The molecule has 2 aromatic carbocycles. The van der Waals surface area contributed by atoms with Gasteiger partial charge in [-0.15, -0.1) is 0 Å². The molecule has 0 radical (unpaired) electrons. The van der Waals surface area contributed by atoms with Gasteiger partial charge in [0, 0.05) is 61.9 Å². The van der Waals surface area contributed by atoms with Crippen molar-refractivity contribution < 1.29 is 22.7 Å². The second-order valence-corrected chi connectivity index (χ2v) is 19.5. The number of hydrogen-bond donors (Lipinski definition) is 1. The van der Waals surface area contributed by atoms with Crippen LogP contribution in [-0.2, 0) is 26.6 Å². The van der Waals surface area contributed by atoms with Crippen LogP contribution in [0.4, 0.5) is 5.69 Å². The molecule has 1 amide bonds. The highest BCUT2D eigenvalue weighted by Gasteiger charge is 2.51. The van der Waals surface area contributed by atoms with E-state index in [4.69, 9.17) is 21.1 Å². The number of nitrogens with one attached hydrogen (secondary N) is 1. The van der Waals surface area contributed by atoms with Gasteiger partial charge in [0.05, 0.1) is 17.5 Å². The number of nitrogens with zero attached hydrogens (tertiary/aromatic N) is 3. The van der Waals surface area contributed by atoms with E-state index in [1.54, 1.807) is 13.0 Å². The molecule has 2 bridgehead atoms. The Morgan fingerprint density at radius 2 is 1.83 bits per heavy atom. The maximum absolute atomic E-state index is 13.7. The number of benzene rings is 2. The number of sulfonamides is 1. The summed E-state index contributed by atoms with van der Waals surface area (Å²) < 4.78 is 43.1. The highest BCUT2D eigenvalue weighted by atomic mass is 35.5. The van der Waals surface area contributed by atoms with Crippen molar-refractivity contribution in [3.8, 4) is 5.75 Å². The van der Waals surface area contributed by atoms with Crippen LogP contribution in [0.15, 0.2) is 48.6 Å². The van der Waals surface area contributed by atoms with Crippen molar-refractivity contribution in [1.82, 2.24) is 14.5 Å². The number of anilines is 1. The minimum atomic E-state index is -3.95. The van der Waals surface area contributed by atoms with Crippen molar-refractivity contribution in [1.29, 1.82) is 0 Å². The Morgan fingerprint density at radius 1 is 1.06 bits per heavy atom. The summed E-state index contributed by atoms with van der Waals surface area (Å²) in [6.45, 7) is 15.3. The summed E-state index contributed by atoms with van der Waals surface area (Å²) in [6, 6.07) is 12.3. The van der Waals surface area contributed by atoms with Gasteiger partial charge in [0.1, 0.15) is 11.4 Å². The molecule has 1 spiro atoms. The standard InChI is InChI=1S/C43H61ClN4O5S/c1-6-20-47(21-7-2)36-25-46(26-36)28-43(52-5)19-8-10-30(3)31(4)54(50,51)45-41(49)33-13-17-40-39(23-33)48(24-34-12-15-38(34)43)27-42(29-53-40)18-9-11-32-22-35(44)14-16-37(32)42/h8,13-14,16-17,19,22-23,30-31,34,36,38H,6-7,9-12,15,18,20-21,24-29H2,1-5H3,(H,45,49)/b19-8+/t30-,31+,34-,38+,42-,43+/m0/s1. The predicted octanol–water partition coefficient (Wildman–Crippen LogP) is 7.07. The fourth-order valence-corrected chi connectivity index (χ4v) is 11.6. The third-order valence-corrected chi connectivity index (χ3v) is 15.7. The van der Waals surface area contributed by atoms with E-state index in [0.29, 0.717) is 30.6 Å². The zero-order valence-corrected chi connectivity index (χ0v) is 34.6. The molecule has 1 saturated heterocycles. The van der Waals surface area contributed by atoms with Crippen LogP contribution in [0.25, 0.3) is 0 Å². The summed E-state index contributed by atoms with van der Waals surface area (Å²) in [5, 5.41) is -0.0202. The number of fused-ring (bicyclic) bond motifs is 4. The van der Waals surface area contributed by atoms with E-state index in [9.17, 15) is 13.2 Å². The lowest BCUT2D eigenvalue weighted by atomic mass is 9.63. The monoisotopic (exact) mass is 780 g/mol. The van der Waals surface area contributed by atoms with Gasteiger partial charge >= 0.3 is 0 Å². The van der Waals surface area contributed by atoms with Gasteiger partial charge in [0.2, 0.25) is 10.0 Å². The molecular formula is C43H61ClN4O5S. The topological polar surface area (TPSA) is 91.4 Å². The molecule has 5 aliphatic rings. The molecule has 2 aromatic rings. The Hall–Kier alpha value is -2.63. The average molecular weight is 782 g/mol. The van der Waals surface area contributed by atoms with Crippen molar-refractivity contribution in [3.05, 3.63) is 70.3 Å². The fourth-order valence-electron chi connectivity index (χ4n) is 10.1. The Kier molecular flexibility index (Phi) is 11.8. The van der Waals surface area contributed by atoms with Crippen LogP contribution in [0.3, 0.4) is 0 Å². The predicted molar refractivity (Wildman–Crippen MR) is 217 cm³/mol. The number of hydrogen-bond acceptors (Lipinski definition) is 8. The molecule has 9 nitrogen and oxygen atoms in total. The molecule has 54 heavy (non-hydrogen) atoms. The molecule has 1 saturated carbocycles. The molecule has 0 unspecified atom stereocenters. The molecular weight excluding hydrogens is 720 g/mol. The maximum atomic E-state index is 13.7. The lowest BCUT2D eigenvalue weighted by Crippen LogP contribution is -2.65. The smallest absolute Gasteiger partial charge is 0.264 e. The second kappa shape index (κ2) is 16.1. The van der Waals surface area contributed by atoms with Gasteiger partial charge in [-0.3, -0.25) is 14.6 Å². The molecule has 6 atom stereocenters. The van der Waals surface area contributed by atoms with Gasteiger partial charge in [-0.05, 0) is 131 Å². The van der Waals surface area contributed by atoms with E-state index >= 15 is 0 Å². The van der Waals surface area contributed by atoms with Gasteiger partial charge in [-0.2, -0.15) is 0 Å². The SMILES string of the molecule is CCCN(CCC)C1CN(C[C@]2(OC)/C=C/C[C@H](C)[C@@H](C)S(=O)(=O)NC(=O)c3ccc4c(c3)N(C[C@@H]3CC[C@H]32)C[C@@]2(CCCc3cc(Cl)ccc32)CO4)C1. The van der Waals surface area contributed by atoms with Crippen LogP contribution in [0, 0.1) is 17.8 Å². The van der Waals surface area contributed by atoms with E-state index in [-0.39, 0.29) is 17.3 Å².